The number of nitrogens with one attached hydrogen (secondary N) is 1. The highest BCUT2D eigenvalue weighted by Crippen LogP contribution is 2.20. The molecule has 88 valence electrons. The molecule has 0 radical (unpaired) electrons. The molecule has 0 amide bonds. The Morgan fingerprint density at radius 3 is 2.50 bits per heavy atom. The first kappa shape index (κ1) is 11.4. The number of anilines is 1. The van der Waals surface area contributed by atoms with Gasteiger partial charge in [0, 0.05) is 12.2 Å². The summed E-state index contributed by atoms with van der Waals surface area (Å²) in [4.78, 5) is 4.04. The molecule has 0 spiro atoms. The highest BCUT2D eigenvalue weighted by Gasteiger charge is 2.13. The summed E-state index contributed by atoms with van der Waals surface area (Å²) in [5.74, 6) is 0.164. The van der Waals surface area contributed by atoms with Crippen LogP contribution in [0.4, 0.5) is 10.2 Å². The molecule has 1 aromatic rings. The van der Waals surface area contributed by atoms with Crippen molar-refractivity contribution in [1.29, 1.82) is 0 Å². The van der Waals surface area contributed by atoms with Gasteiger partial charge in [-0.2, -0.15) is 0 Å². The summed E-state index contributed by atoms with van der Waals surface area (Å²) in [5.41, 5.74) is 0. The van der Waals surface area contributed by atoms with Crippen LogP contribution in [0.3, 0.4) is 0 Å². The number of hydrogen-bond donors (Lipinski definition) is 1. The average Bonchev–Trinajstić information content (AvgIpc) is 2.24. The summed E-state index contributed by atoms with van der Waals surface area (Å²) >= 11 is 0. The van der Waals surface area contributed by atoms with E-state index in [1.807, 2.05) is 0 Å². The lowest BCUT2D eigenvalue weighted by Gasteiger charge is -2.21. The molecule has 2 nitrogen and oxygen atoms in total. The maximum Gasteiger partial charge on any atom is 0.165 e. The minimum Gasteiger partial charge on any atom is -0.365 e. The zero-order valence-electron chi connectivity index (χ0n) is 9.58. The molecule has 2 rings (SSSR count). The standard InChI is InChI=1S/C13H19FN2/c14-12-9-6-10-15-13(12)16-11-7-4-2-1-3-5-8-11/h6,9-11H,1-5,7-8H2,(H,15,16). The van der Waals surface area contributed by atoms with E-state index in [9.17, 15) is 4.39 Å². The topological polar surface area (TPSA) is 24.9 Å². The van der Waals surface area contributed by atoms with Crippen molar-refractivity contribution in [3.05, 3.63) is 24.1 Å². The molecule has 0 unspecified atom stereocenters. The normalized spacial score (nSPS) is 18.8. The van der Waals surface area contributed by atoms with E-state index in [1.54, 1.807) is 12.3 Å². The van der Waals surface area contributed by atoms with Gasteiger partial charge in [-0.1, -0.05) is 32.1 Å². The van der Waals surface area contributed by atoms with Crippen LogP contribution < -0.4 is 5.32 Å². The van der Waals surface area contributed by atoms with Crippen molar-refractivity contribution >= 4 is 5.82 Å². The fourth-order valence-corrected chi connectivity index (χ4v) is 2.29. The average molecular weight is 222 g/mol. The van der Waals surface area contributed by atoms with E-state index in [0.29, 0.717) is 11.9 Å². The molecule has 3 heteroatoms. The molecule has 0 saturated heterocycles. The zero-order valence-corrected chi connectivity index (χ0v) is 9.58. The molecule has 1 heterocycles. The minimum atomic E-state index is -0.246. The van der Waals surface area contributed by atoms with Crippen LogP contribution in [0.5, 0.6) is 0 Å². The first-order valence-corrected chi connectivity index (χ1v) is 6.23. The second-order valence-corrected chi connectivity index (χ2v) is 4.52. The van der Waals surface area contributed by atoms with Gasteiger partial charge in [-0.15, -0.1) is 0 Å². The Morgan fingerprint density at radius 1 is 1.12 bits per heavy atom. The summed E-state index contributed by atoms with van der Waals surface area (Å²) in [7, 11) is 0. The molecule has 0 bridgehead atoms. The van der Waals surface area contributed by atoms with Crippen LogP contribution in [0.15, 0.2) is 18.3 Å². The Morgan fingerprint density at radius 2 is 1.81 bits per heavy atom. The third kappa shape index (κ3) is 3.19. The fourth-order valence-electron chi connectivity index (χ4n) is 2.29. The Labute approximate surface area is 96.3 Å². The third-order valence-electron chi connectivity index (χ3n) is 3.20. The molecule has 1 aromatic heterocycles. The smallest absolute Gasteiger partial charge is 0.165 e. The molecular formula is C13H19FN2. The van der Waals surface area contributed by atoms with Gasteiger partial charge in [0.25, 0.3) is 0 Å². The number of halogens is 1. The SMILES string of the molecule is Fc1cccnc1NC1CCCCCCC1. The van der Waals surface area contributed by atoms with E-state index in [1.165, 1.54) is 38.2 Å². The van der Waals surface area contributed by atoms with Gasteiger partial charge in [-0.05, 0) is 25.0 Å². The van der Waals surface area contributed by atoms with Crippen LogP contribution >= 0.6 is 0 Å². The first-order chi connectivity index (χ1) is 7.86. The highest BCUT2D eigenvalue weighted by molar-refractivity contribution is 5.36. The largest absolute Gasteiger partial charge is 0.365 e. The lowest BCUT2D eigenvalue weighted by atomic mass is 9.97. The van der Waals surface area contributed by atoms with Crippen molar-refractivity contribution in [2.45, 2.75) is 51.0 Å². The van der Waals surface area contributed by atoms with E-state index in [4.69, 9.17) is 0 Å². The Bertz CT molecular complexity index is 319. The number of rotatable bonds is 2. The van der Waals surface area contributed by atoms with E-state index in [2.05, 4.69) is 10.3 Å². The third-order valence-corrected chi connectivity index (χ3v) is 3.20. The van der Waals surface area contributed by atoms with E-state index < -0.39 is 0 Å². The number of pyridine rings is 1. The molecular weight excluding hydrogens is 203 g/mol. The summed E-state index contributed by atoms with van der Waals surface area (Å²) in [5, 5.41) is 3.23. The number of nitrogens with zero attached hydrogens (tertiary/aromatic N) is 1. The van der Waals surface area contributed by atoms with Crippen molar-refractivity contribution < 1.29 is 4.39 Å². The summed E-state index contributed by atoms with van der Waals surface area (Å²) in [6.07, 6.45) is 10.4. The first-order valence-electron chi connectivity index (χ1n) is 6.23. The monoisotopic (exact) mass is 222 g/mol. The Hall–Kier alpha value is -1.12. The summed E-state index contributed by atoms with van der Waals surface area (Å²) in [6.45, 7) is 0. The molecule has 1 aliphatic rings. The number of aromatic nitrogens is 1. The molecule has 1 aliphatic carbocycles. The van der Waals surface area contributed by atoms with Crippen molar-refractivity contribution in [2.24, 2.45) is 0 Å². The second-order valence-electron chi connectivity index (χ2n) is 4.52. The molecule has 1 N–H and O–H groups in total. The maximum absolute atomic E-state index is 13.4. The van der Waals surface area contributed by atoms with Gasteiger partial charge < -0.3 is 5.32 Å². The van der Waals surface area contributed by atoms with Gasteiger partial charge in [0.05, 0.1) is 0 Å². The van der Waals surface area contributed by atoms with Crippen molar-refractivity contribution in [1.82, 2.24) is 4.98 Å². The quantitative estimate of drug-likeness (QED) is 0.824. The van der Waals surface area contributed by atoms with Gasteiger partial charge in [-0.3, -0.25) is 0 Å². The summed E-state index contributed by atoms with van der Waals surface area (Å²) < 4.78 is 13.4. The fraction of sp³-hybridized carbons (Fsp3) is 0.615. The van der Waals surface area contributed by atoms with Crippen LogP contribution in [0.25, 0.3) is 0 Å². The van der Waals surface area contributed by atoms with Crippen molar-refractivity contribution in [3.8, 4) is 0 Å². The van der Waals surface area contributed by atoms with Gasteiger partial charge in [-0.25, -0.2) is 9.37 Å². The van der Waals surface area contributed by atoms with Crippen molar-refractivity contribution in [2.75, 3.05) is 5.32 Å². The van der Waals surface area contributed by atoms with E-state index in [-0.39, 0.29) is 5.82 Å². The predicted octanol–water partition coefficient (Wildman–Crippen LogP) is 3.75. The van der Waals surface area contributed by atoms with Gasteiger partial charge in [0.1, 0.15) is 0 Å². The van der Waals surface area contributed by atoms with Gasteiger partial charge >= 0.3 is 0 Å². The lowest BCUT2D eigenvalue weighted by Crippen LogP contribution is -2.21. The molecule has 0 atom stereocenters. The van der Waals surface area contributed by atoms with Crippen LogP contribution in [0, 0.1) is 5.82 Å². The lowest BCUT2D eigenvalue weighted by molar-refractivity contribution is 0.468. The van der Waals surface area contributed by atoms with Crippen LogP contribution in [0.1, 0.15) is 44.9 Å². The van der Waals surface area contributed by atoms with Crippen molar-refractivity contribution in [3.63, 3.8) is 0 Å². The predicted molar refractivity (Wildman–Crippen MR) is 63.9 cm³/mol. The maximum atomic E-state index is 13.4. The second kappa shape index (κ2) is 5.83. The van der Waals surface area contributed by atoms with E-state index >= 15 is 0 Å². The zero-order chi connectivity index (χ0) is 11.2. The Kier molecular flexibility index (Phi) is 4.14. The van der Waals surface area contributed by atoms with Crippen LogP contribution in [-0.2, 0) is 0 Å². The Balaban J connectivity index is 1.94. The van der Waals surface area contributed by atoms with Crippen LogP contribution in [0.2, 0.25) is 0 Å². The minimum absolute atomic E-state index is 0.246. The molecule has 1 fully saturated rings. The van der Waals surface area contributed by atoms with E-state index in [0.717, 1.165) is 12.8 Å². The molecule has 1 saturated carbocycles. The molecule has 16 heavy (non-hydrogen) atoms. The highest BCUT2D eigenvalue weighted by atomic mass is 19.1. The summed E-state index contributed by atoms with van der Waals surface area (Å²) in [6, 6.07) is 3.47. The molecule has 0 aliphatic heterocycles. The number of hydrogen-bond acceptors (Lipinski definition) is 2. The van der Waals surface area contributed by atoms with Gasteiger partial charge in [0.15, 0.2) is 11.6 Å². The van der Waals surface area contributed by atoms with Crippen LogP contribution in [-0.4, -0.2) is 11.0 Å². The van der Waals surface area contributed by atoms with Gasteiger partial charge in [0.2, 0.25) is 0 Å². The molecule has 0 aromatic carbocycles.